The molecule has 0 aliphatic rings. The van der Waals surface area contributed by atoms with Crippen molar-refractivity contribution in [3.63, 3.8) is 0 Å². The zero-order valence-electron chi connectivity index (χ0n) is 26.1. The van der Waals surface area contributed by atoms with E-state index in [0.717, 1.165) is 22.5 Å². The second-order valence-electron chi connectivity index (χ2n) is 11.7. The quantitative estimate of drug-likeness (QED) is 0.162. The van der Waals surface area contributed by atoms with E-state index in [4.69, 9.17) is 0 Å². The fourth-order valence-electron chi connectivity index (χ4n) is 5.75. The van der Waals surface area contributed by atoms with Crippen LogP contribution in [0.15, 0.2) is 158 Å². The van der Waals surface area contributed by atoms with Crippen LogP contribution in [-0.2, 0) is 25.5 Å². The van der Waals surface area contributed by atoms with Crippen LogP contribution in [-0.4, -0.2) is 9.97 Å². The van der Waals surface area contributed by atoms with Crippen molar-refractivity contribution in [2.75, 3.05) is 0 Å². The van der Waals surface area contributed by atoms with Crippen molar-refractivity contribution >= 4 is 31.5 Å². The SMILES string of the molecule is CC(C)(c1ccccc1)c1ccnc(-c2[c-]cc3sc4ccccc4c3c2)c1.[Ir].[c-]1ccc(-c2ccccc2)cc1-c1ccccn1. The summed E-state index contributed by atoms with van der Waals surface area (Å²) in [7, 11) is 0. The molecule has 47 heavy (non-hydrogen) atoms. The van der Waals surface area contributed by atoms with Gasteiger partial charge in [0.1, 0.15) is 0 Å². The monoisotopic (exact) mass is 801 g/mol. The molecule has 0 aliphatic heterocycles. The summed E-state index contributed by atoms with van der Waals surface area (Å²) in [6, 6.07) is 57.0. The fourth-order valence-corrected chi connectivity index (χ4v) is 6.82. The molecule has 0 bridgehead atoms. The average molecular weight is 801 g/mol. The van der Waals surface area contributed by atoms with E-state index in [1.807, 2.05) is 60.0 Å². The van der Waals surface area contributed by atoms with Crippen LogP contribution in [0.3, 0.4) is 0 Å². The Bertz CT molecular complexity index is 2170. The van der Waals surface area contributed by atoms with Gasteiger partial charge in [-0.15, -0.1) is 59.2 Å². The first-order valence-electron chi connectivity index (χ1n) is 15.4. The molecule has 3 heterocycles. The third-order valence-electron chi connectivity index (χ3n) is 8.41. The van der Waals surface area contributed by atoms with Crippen LogP contribution >= 0.6 is 11.3 Å². The van der Waals surface area contributed by atoms with E-state index < -0.39 is 0 Å². The predicted octanol–water partition coefficient (Wildman–Crippen LogP) is 11.5. The molecule has 0 fully saturated rings. The van der Waals surface area contributed by atoms with Gasteiger partial charge in [-0.2, -0.15) is 11.3 Å². The summed E-state index contributed by atoms with van der Waals surface area (Å²) in [5, 5.41) is 2.59. The first-order valence-corrected chi connectivity index (χ1v) is 16.2. The van der Waals surface area contributed by atoms with Crippen LogP contribution in [0.4, 0.5) is 0 Å². The van der Waals surface area contributed by atoms with Crippen molar-refractivity contribution in [2.24, 2.45) is 0 Å². The number of pyridine rings is 2. The van der Waals surface area contributed by atoms with E-state index in [-0.39, 0.29) is 25.5 Å². The molecular formula is C43H32IrN2S-2. The van der Waals surface area contributed by atoms with Gasteiger partial charge in [0.2, 0.25) is 0 Å². The third kappa shape index (κ3) is 7.01. The molecule has 8 aromatic rings. The second-order valence-corrected chi connectivity index (χ2v) is 12.8. The van der Waals surface area contributed by atoms with E-state index in [9.17, 15) is 0 Å². The maximum Gasteiger partial charge on any atom is 0.0239 e. The molecule has 1 radical (unpaired) electrons. The smallest absolute Gasteiger partial charge is 0.0239 e. The molecular weight excluding hydrogens is 769 g/mol. The topological polar surface area (TPSA) is 25.8 Å². The van der Waals surface area contributed by atoms with Crippen LogP contribution in [0.2, 0.25) is 0 Å². The normalized spacial score (nSPS) is 11.0. The Morgan fingerprint density at radius 1 is 0.532 bits per heavy atom. The Morgan fingerprint density at radius 2 is 1.23 bits per heavy atom. The summed E-state index contributed by atoms with van der Waals surface area (Å²) in [5.74, 6) is 0. The summed E-state index contributed by atoms with van der Waals surface area (Å²) in [6.07, 6.45) is 3.72. The summed E-state index contributed by atoms with van der Waals surface area (Å²) >= 11 is 1.82. The number of nitrogens with zero attached hydrogens (tertiary/aromatic N) is 2. The summed E-state index contributed by atoms with van der Waals surface area (Å²) in [5.41, 5.74) is 8.87. The van der Waals surface area contributed by atoms with Gasteiger partial charge in [-0.25, -0.2) is 0 Å². The molecule has 0 atom stereocenters. The van der Waals surface area contributed by atoms with Crippen LogP contribution in [0.5, 0.6) is 0 Å². The number of benzene rings is 5. The molecule has 4 heteroatoms. The first kappa shape index (κ1) is 32.2. The van der Waals surface area contributed by atoms with E-state index in [1.165, 1.54) is 42.4 Å². The van der Waals surface area contributed by atoms with Gasteiger partial charge in [0, 0.05) is 42.6 Å². The van der Waals surface area contributed by atoms with Crippen molar-refractivity contribution < 1.29 is 20.1 Å². The molecule has 3 aromatic heterocycles. The summed E-state index contributed by atoms with van der Waals surface area (Å²) in [6.45, 7) is 4.53. The summed E-state index contributed by atoms with van der Waals surface area (Å²) < 4.78 is 2.58. The number of aromatic nitrogens is 2. The van der Waals surface area contributed by atoms with Crippen LogP contribution in [0.25, 0.3) is 53.8 Å². The number of hydrogen-bond donors (Lipinski definition) is 0. The van der Waals surface area contributed by atoms with Crippen LogP contribution < -0.4 is 0 Å². The van der Waals surface area contributed by atoms with Gasteiger partial charge >= 0.3 is 0 Å². The molecule has 5 aromatic carbocycles. The summed E-state index contributed by atoms with van der Waals surface area (Å²) in [4.78, 5) is 9.01. The molecule has 0 saturated carbocycles. The third-order valence-corrected chi connectivity index (χ3v) is 9.55. The molecule has 0 spiro atoms. The number of hydrogen-bond acceptors (Lipinski definition) is 3. The fraction of sp³-hybridized carbons (Fsp3) is 0.0698. The van der Waals surface area contributed by atoms with Gasteiger partial charge in [0.25, 0.3) is 0 Å². The number of fused-ring (bicyclic) bond motifs is 3. The molecule has 0 unspecified atom stereocenters. The maximum absolute atomic E-state index is 4.66. The van der Waals surface area contributed by atoms with Crippen molar-refractivity contribution in [3.05, 3.63) is 181 Å². The Hall–Kier alpha value is -4.73. The van der Waals surface area contributed by atoms with Crippen LogP contribution in [0.1, 0.15) is 25.0 Å². The van der Waals surface area contributed by atoms with Crippen molar-refractivity contribution in [3.8, 4) is 33.6 Å². The average Bonchev–Trinajstić information content (AvgIpc) is 3.51. The molecule has 2 nitrogen and oxygen atoms in total. The zero-order chi connectivity index (χ0) is 31.3. The standard InChI is InChI=1S/C26H20NS.C17H12N.Ir/c1-26(2,19-8-4-3-5-9-19)20-14-15-27-23(17-20)18-12-13-25-22(16-18)21-10-6-7-11-24(21)28-25;1-2-7-14(8-3-1)15-9-6-10-16(13-15)17-11-4-5-12-18-17;/h3-11,13-17H,1-2H3;1-9,11-13H;/q2*-1;. The van der Waals surface area contributed by atoms with E-state index in [0.29, 0.717) is 0 Å². The molecule has 0 aliphatic carbocycles. The predicted molar refractivity (Wildman–Crippen MR) is 194 cm³/mol. The first-order chi connectivity index (χ1) is 22.6. The van der Waals surface area contributed by atoms with E-state index >= 15 is 0 Å². The number of thiophene rings is 1. The molecule has 0 N–H and O–H groups in total. The Labute approximate surface area is 294 Å². The van der Waals surface area contributed by atoms with Crippen molar-refractivity contribution in [2.45, 2.75) is 19.3 Å². The van der Waals surface area contributed by atoms with Gasteiger partial charge in [-0.3, -0.25) is 0 Å². The van der Waals surface area contributed by atoms with Gasteiger partial charge in [0.15, 0.2) is 0 Å². The number of rotatable bonds is 5. The van der Waals surface area contributed by atoms with Gasteiger partial charge in [0.05, 0.1) is 0 Å². The minimum Gasteiger partial charge on any atom is -0.305 e. The van der Waals surface area contributed by atoms with Gasteiger partial charge in [-0.05, 0) is 56.4 Å². The Balaban J connectivity index is 0.000000176. The minimum atomic E-state index is -0.0852. The zero-order valence-corrected chi connectivity index (χ0v) is 29.4. The maximum atomic E-state index is 4.66. The van der Waals surface area contributed by atoms with Crippen molar-refractivity contribution in [1.82, 2.24) is 9.97 Å². The van der Waals surface area contributed by atoms with Crippen LogP contribution in [0, 0.1) is 12.1 Å². The Kier molecular flexibility index (Phi) is 9.84. The van der Waals surface area contributed by atoms with E-state index in [1.54, 1.807) is 6.20 Å². The second kappa shape index (κ2) is 14.4. The van der Waals surface area contributed by atoms with Gasteiger partial charge < -0.3 is 9.97 Å². The molecule has 8 rings (SSSR count). The van der Waals surface area contributed by atoms with Gasteiger partial charge in [-0.1, -0.05) is 116 Å². The Morgan fingerprint density at radius 3 is 2.02 bits per heavy atom. The molecule has 0 saturated heterocycles. The van der Waals surface area contributed by atoms with E-state index in [2.05, 4.69) is 139 Å². The molecule has 0 amide bonds. The van der Waals surface area contributed by atoms with Crippen molar-refractivity contribution in [1.29, 1.82) is 0 Å². The largest absolute Gasteiger partial charge is 0.305 e. The minimum absolute atomic E-state index is 0. The molecule has 231 valence electrons.